The average Bonchev–Trinajstić information content (AvgIpc) is 2.42. The summed E-state index contributed by atoms with van der Waals surface area (Å²) < 4.78 is 0.924. The fourth-order valence-corrected chi connectivity index (χ4v) is 2.37. The van der Waals surface area contributed by atoms with E-state index >= 15 is 0 Å². The zero-order valence-corrected chi connectivity index (χ0v) is 8.58. The molecule has 3 nitrogen and oxygen atoms in total. The monoisotopic (exact) mass is 212 g/mol. The first-order chi connectivity index (χ1) is 6.20. The first-order valence-corrected chi connectivity index (χ1v) is 5.68. The third-order valence-electron chi connectivity index (χ3n) is 1.71. The van der Waals surface area contributed by atoms with Gasteiger partial charge in [-0.25, -0.2) is 4.98 Å². The standard InChI is InChI=1S/C8H8N2OS2/c1-12-7-2-4-6(3-5(7)11)13-8(9)10-4/h2-3,11H,1H3,(H2,9,10). The molecule has 0 aliphatic carbocycles. The van der Waals surface area contributed by atoms with E-state index in [1.165, 1.54) is 23.1 Å². The molecule has 1 heterocycles. The summed E-state index contributed by atoms with van der Waals surface area (Å²) in [6.07, 6.45) is 1.91. The van der Waals surface area contributed by atoms with Gasteiger partial charge in [0.15, 0.2) is 5.13 Å². The van der Waals surface area contributed by atoms with E-state index in [9.17, 15) is 5.11 Å². The predicted octanol–water partition coefficient (Wildman–Crippen LogP) is 2.31. The van der Waals surface area contributed by atoms with Crippen molar-refractivity contribution in [1.29, 1.82) is 0 Å². The summed E-state index contributed by atoms with van der Waals surface area (Å²) in [6, 6.07) is 3.55. The highest BCUT2D eigenvalue weighted by molar-refractivity contribution is 7.98. The van der Waals surface area contributed by atoms with Gasteiger partial charge in [0.25, 0.3) is 0 Å². The Hall–Kier alpha value is -0.940. The quantitative estimate of drug-likeness (QED) is 0.712. The maximum atomic E-state index is 9.54. The average molecular weight is 212 g/mol. The fourth-order valence-electron chi connectivity index (χ4n) is 1.13. The Morgan fingerprint density at radius 1 is 1.54 bits per heavy atom. The molecule has 1 aromatic heterocycles. The van der Waals surface area contributed by atoms with Gasteiger partial charge in [0.1, 0.15) is 5.75 Å². The normalized spacial score (nSPS) is 10.8. The number of nitrogens with two attached hydrogens (primary N) is 1. The topological polar surface area (TPSA) is 59.1 Å². The number of benzene rings is 1. The molecule has 13 heavy (non-hydrogen) atoms. The highest BCUT2D eigenvalue weighted by Crippen LogP contribution is 2.34. The highest BCUT2D eigenvalue weighted by Gasteiger charge is 2.06. The van der Waals surface area contributed by atoms with E-state index in [0.29, 0.717) is 10.9 Å². The lowest BCUT2D eigenvalue weighted by atomic mass is 10.3. The van der Waals surface area contributed by atoms with Crippen molar-refractivity contribution >= 4 is 38.4 Å². The Bertz CT molecular complexity index is 453. The van der Waals surface area contributed by atoms with Gasteiger partial charge in [-0.15, -0.1) is 11.8 Å². The Morgan fingerprint density at radius 3 is 3.00 bits per heavy atom. The van der Waals surface area contributed by atoms with Crippen LogP contribution in [0.5, 0.6) is 5.75 Å². The minimum Gasteiger partial charge on any atom is -0.507 e. The molecule has 0 atom stereocenters. The summed E-state index contributed by atoms with van der Waals surface area (Å²) in [4.78, 5) is 4.97. The molecule has 0 saturated heterocycles. The molecule has 0 aliphatic rings. The van der Waals surface area contributed by atoms with Gasteiger partial charge in [-0.3, -0.25) is 0 Å². The number of phenols is 1. The maximum absolute atomic E-state index is 9.54. The second-order valence-electron chi connectivity index (χ2n) is 2.54. The lowest BCUT2D eigenvalue weighted by Crippen LogP contribution is -1.79. The highest BCUT2D eigenvalue weighted by atomic mass is 32.2. The van der Waals surface area contributed by atoms with Gasteiger partial charge in [0.2, 0.25) is 0 Å². The number of aromatic nitrogens is 1. The van der Waals surface area contributed by atoms with Crippen LogP contribution in [0.25, 0.3) is 10.2 Å². The lowest BCUT2D eigenvalue weighted by Gasteiger charge is -1.98. The number of hydrogen-bond acceptors (Lipinski definition) is 5. The molecule has 0 aliphatic heterocycles. The molecule has 3 N–H and O–H groups in total. The number of nitrogens with zero attached hydrogens (tertiary/aromatic N) is 1. The van der Waals surface area contributed by atoms with Gasteiger partial charge < -0.3 is 10.8 Å². The number of aromatic hydroxyl groups is 1. The van der Waals surface area contributed by atoms with Crippen LogP contribution >= 0.6 is 23.1 Å². The molecule has 0 radical (unpaired) electrons. The summed E-state index contributed by atoms with van der Waals surface area (Å²) in [5.41, 5.74) is 6.40. The lowest BCUT2D eigenvalue weighted by molar-refractivity contribution is 0.463. The number of hydrogen-bond donors (Lipinski definition) is 2. The molecule has 0 saturated carbocycles. The summed E-state index contributed by atoms with van der Waals surface area (Å²) in [5.74, 6) is 0.295. The van der Waals surface area contributed by atoms with Crippen molar-refractivity contribution in [2.24, 2.45) is 0 Å². The number of phenolic OH excluding ortho intramolecular Hbond substituents is 1. The molecule has 1 aromatic carbocycles. The number of nitrogen functional groups attached to an aromatic ring is 1. The van der Waals surface area contributed by atoms with Crippen molar-refractivity contribution in [3.63, 3.8) is 0 Å². The van der Waals surface area contributed by atoms with Crippen LogP contribution in [0.4, 0.5) is 5.13 Å². The van der Waals surface area contributed by atoms with E-state index in [-0.39, 0.29) is 0 Å². The number of anilines is 1. The molecule has 68 valence electrons. The third-order valence-corrected chi connectivity index (χ3v) is 3.32. The number of thiazole rings is 1. The summed E-state index contributed by atoms with van der Waals surface area (Å²) in [6.45, 7) is 0. The molecule has 0 bridgehead atoms. The van der Waals surface area contributed by atoms with Crippen LogP contribution in [0, 0.1) is 0 Å². The van der Waals surface area contributed by atoms with E-state index in [4.69, 9.17) is 5.73 Å². The van der Waals surface area contributed by atoms with E-state index < -0.39 is 0 Å². The van der Waals surface area contributed by atoms with E-state index in [1.807, 2.05) is 12.3 Å². The van der Waals surface area contributed by atoms with Crippen molar-refractivity contribution in [2.75, 3.05) is 12.0 Å². The number of rotatable bonds is 1. The van der Waals surface area contributed by atoms with Crippen molar-refractivity contribution < 1.29 is 5.11 Å². The van der Waals surface area contributed by atoms with E-state index in [2.05, 4.69) is 4.98 Å². The Labute approximate surface area is 83.6 Å². The number of fused-ring (bicyclic) bond motifs is 1. The molecule has 0 spiro atoms. The van der Waals surface area contributed by atoms with Crippen molar-refractivity contribution in [3.8, 4) is 5.75 Å². The summed E-state index contributed by atoms with van der Waals surface area (Å²) >= 11 is 2.88. The van der Waals surface area contributed by atoms with Crippen molar-refractivity contribution in [2.45, 2.75) is 4.90 Å². The van der Waals surface area contributed by atoms with Gasteiger partial charge in [-0.05, 0) is 12.3 Å². The Balaban J connectivity index is 2.72. The van der Waals surface area contributed by atoms with E-state index in [0.717, 1.165) is 15.1 Å². The second kappa shape index (κ2) is 3.08. The van der Waals surface area contributed by atoms with Crippen LogP contribution in [0.15, 0.2) is 17.0 Å². The molecular formula is C8H8N2OS2. The molecule has 5 heteroatoms. The molecular weight excluding hydrogens is 204 g/mol. The first kappa shape index (κ1) is 8.65. The predicted molar refractivity (Wildman–Crippen MR) is 57.5 cm³/mol. The minimum absolute atomic E-state index is 0.295. The Kier molecular flexibility index (Phi) is 2.05. The van der Waals surface area contributed by atoms with Crippen LogP contribution < -0.4 is 5.73 Å². The number of thioether (sulfide) groups is 1. The van der Waals surface area contributed by atoms with Crippen LogP contribution in [0.1, 0.15) is 0 Å². The van der Waals surface area contributed by atoms with Gasteiger partial charge in [0, 0.05) is 6.07 Å². The summed E-state index contributed by atoms with van der Waals surface area (Å²) in [5, 5.41) is 10.1. The van der Waals surface area contributed by atoms with Crippen molar-refractivity contribution in [3.05, 3.63) is 12.1 Å². The third kappa shape index (κ3) is 1.45. The van der Waals surface area contributed by atoms with Gasteiger partial charge in [-0.1, -0.05) is 11.3 Å². The SMILES string of the molecule is CSc1cc2nc(N)sc2cc1O. The zero-order chi connectivity index (χ0) is 9.42. The molecule has 0 fully saturated rings. The fraction of sp³-hybridized carbons (Fsp3) is 0.125. The first-order valence-electron chi connectivity index (χ1n) is 3.63. The van der Waals surface area contributed by atoms with Crippen molar-refractivity contribution in [1.82, 2.24) is 4.98 Å². The van der Waals surface area contributed by atoms with Gasteiger partial charge >= 0.3 is 0 Å². The molecule has 2 aromatic rings. The van der Waals surface area contributed by atoms with Crippen LogP contribution in [0.3, 0.4) is 0 Å². The molecule has 0 unspecified atom stereocenters. The summed E-state index contributed by atoms with van der Waals surface area (Å²) in [7, 11) is 0. The van der Waals surface area contributed by atoms with Crippen LogP contribution in [0.2, 0.25) is 0 Å². The minimum atomic E-state index is 0.295. The van der Waals surface area contributed by atoms with Crippen LogP contribution in [-0.4, -0.2) is 16.3 Å². The largest absolute Gasteiger partial charge is 0.507 e. The Morgan fingerprint density at radius 2 is 2.31 bits per heavy atom. The zero-order valence-electron chi connectivity index (χ0n) is 6.94. The molecule has 2 rings (SSSR count). The smallest absolute Gasteiger partial charge is 0.181 e. The van der Waals surface area contributed by atoms with Crippen LogP contribution in [-0.2, 0) is 0 Å². The maximum Gasteiger partial charge on any atom is 0.181 e. The van der Waals surface area contributed by atoms with E-state index in [1.54, 1.807) is 6.07 Å². The second-order valence-corrected chi connectivity index (χ2v) is 4.45. The van der Waals surface area contributed by atoms with Gasteiger partial charge in [0.05, 0.1) is 15.1 Å². The molecule has 0 amide bonds. The van der Waals surface area contributed by atoms with Gasteiger partial charge in [-0.2, -0.15) is 0 Å².